The molecule has 2 amide bonds. The Bertz CT molecular complexity index is 1020. The summed E-state index contributed by atoms with van der Waals surface area (Å²) >= 11 is 1.20. The van der Waals surface area contributed by atoms with Crippen LogP contribution >= 0.6 is 11.8 Å². The Kier molecular flexibility index (Phi) is 8.15. The van der Waals surface area contributed by atoms with Crippen LogP contribution in [0.2, 0.25) is 0 Å². The Balaban J connectivity index is 1.55. The summed E-state index contributed by atoms with van der Waals surface area (Å²) in [6, 6.07) is 10.4. The summed E-state index contributed by atoms with van der Waals surface area (Å²) in [5.74, 6) is 0.604. The highest BCUT2D eigenvalue weighted by atomic mass is 32.2. The number of ether oxygens (including phenoxy) is 3. The van der Waals surface area contributed by atoms with Crippen LogP contribution in [0.25, 0.3) is 0 Å². The molecule has 3 rings (SSSR count). The van der Waals surface area contributed by atoms with Crippen LogP contribution in [0.3, 0.4) is 0 Å². The lowest BCUT2D eigenvalue weighted by Gasteiger charge is -2.35. The van der Waals surface area contributed by atoms with Crippen LogP contribution in [-0.2, 0) is 4.79 Å². The van der Waals surface area contributed by atoms with Gasteiger partial charge in [0.1, 0.15) is 17.3 Å². The highest BCUT2D eigenvalue weighted by Crippen LogP contribution is 2.27. The average molecular weight is 475 g/mol. The van der Waals surface area contributed by atoms with Gasteiger partial charge in [0.2, 0.25) is 5.91 Å². The van der Waals surface area contributed by atoms with E-state index in [1.807, 2.05) is 0 Å². The van der Waals surface area contributed by atoms with E-state index < -0.39 is 29.5 Å². The number of benzene rings is 2. The van der Waals surface area contributed by atoms with Gasteiger partial charge in [-0.3, -0.25) is 19.7 Å². The second-order valence-corrected chi connectivity index (χ2v) is 8.16. The van der Waals surface area contributed by atoms with Crippen LogP contribution in [-0.4, -0.2) is 62.4 Å². The third-order valence-electron chi connectivity index (χ3n) is 4.98. The summed E-state index contributed by atoms with van der Waals surface area (Å²) in [6.07, 6.45) is -0.851. The molecule has 1 aliphatic rings. The lowest BCUT2D eigenvalue weighted by atomic mass is 10.1. The van der Waals surface area contributed by atoms with Gasteiger partial charge in [-0.05, 0) is 42.5 Å². The maximum absolute atomic E-state index is 12.6. The van der Waals surface area contributed by atoms with Crippen molar-refractivity contribution in [1.82, 2.24) is 16.0 Å². The highest BCUT2D eigenvalue weighted by Gasteiger charge is 2.35. The number of methoxy groups -OCH3 is 3. The summed E-state index contributed by atoms with van der Waals surface area (Å²) in [7, 11) is 4.51. The van der Waals surface area contributed by atoms with Crippen molar-refractivity contribution in [2.75, 3.05) is 27.1 Å². The molecule has 0 saturated carbocycles. The molecule has 2 aromatic carbocycles. The van der Waals surface area contributed by atoms with E-state index in [4.69, 9.17) is 19.9 Å². The molecule has 0 spiro atoms. The van der Waals surface area contributed by atoms with Crippen LogP contribution < -0.4 is 35.9 Å². The van der Waals surface area contributed by atoms with E-state index in [1.165, 1.54) is 32.0 Å². The van der Waals surface area contributed by atoms with Crippen molar-refractivity contribution < 1.29 is 28.6 Å². The van der Waals surface area contributed by atoms with Crippen LogP contribution in [0.5, 0.6) is 17.2 Å². The van der Waals surface area contributed by atoms with Crippen molar-refractivity contribution in [3.8, 4) is 17.2 Å². The van der Waals surface area contributed by atoms with E-state index in [-0.39, 0.29) is 17.1 Å². The quantitative estimate of drug-likeness (QED) is 0.387. The van der Waals surface area contributed by atoms with Crippen molar-refractivity contribution in [1.29, 1.82) is 0 Å². The van der Waals surface area contributed by atoms with E-state index >= 15 is 0 Å². The normalized spacial score (nSPS) is 19.9. The first kappa shape index (κ1) is 24.4. The van der Waals surface area contributed by atoms with Gasteiger partial charge in [-0.2, -0.15) is 0 Å². The number of amides is 2. The predicted octanol–water partition coefficient (Wildman–Crippen LogP) is 0.715. The molecule has 176 valence electrons. The predicted molar refractivity (Wildman–Crippen MR) is 124 cm³/mol. The van der Waals surface area contributed by atoms with Gasteiger partial charge >= 0.3 is 0 Å². The van der Waals surface area contributed by atoms with Gasteiger partial charge in [0.25, 0.3) is 5.91 Å². The number of ketones is 1. The van der Waals surface area contributed by atoms with Gasteiger partial charge in [0.15, 0.2) is 17.3 Å². The fourth-order valence-electron chi connectivity index (χ4n) is 3.16. The Labute approximate surface area is 195 Å². The fraction of sp³-hybridized carbons (Fsp3) is 0.318. The third kappa shape index (κ3) is 5.95. The number of Topliss-reactive ketones (excluding diaryl/α,β-unsaturated/α-hetero) is 1. The van der Waals surface area contributed by atoms with E-state index in [0.29, 0.717) is 22.8 Å². The second-order valence-electron chi connectivity index (χ2n) is 7.06. The lowest BCUT2D eigenvalue weighted by molar-refractivity contribution is -0.125. The number of hydrogen-bond donors (Lipinski definition) is 4. The molecular formula is C22H26N4O6S. The molecule has 1 aliphatic heterocycles. The first-order chi connectivity index (χ1) is 15.9. The van der Waals surface area contributed by atoms with Crippen LogP contribution in [0, 0.1) is 0 Å². The molecule has 1 heterocycles. The van der Waals surface area contributed by atoms with Crippen LogP contribution in [0.4, 0.5) is 0 Å². The number of nitrogens with one attached hydrogen (secondary N) is 3. The molecule has 5 N–H and O–H groups in total. The molecular weight excluding hydrogens is 448 g/mol. The number of nitrogens with two attached hydrogens (primary N) is 1. The largest absolute Gasteiger partial charge is 0.497 e. The van der Waals surface area contributed by atoms with E-state index in [1.54, 1.807) is 43.5 Å². The molecule has 0 radical (unpaired) electrons. The zero-order chi connectivity index (χ0) is 24.0. The minimum Gasteiger partial charge on any atom is -0.497 e. The van der Waals surface area contributed by atoms with E-state index in [0.717, 1.165) is 0 Å². The minimum atomic E-state index is -1.00. The summed E-state index contributed by atoms with van der Waals surface area (Å²) in [6.45, 7) is 0. The molecule has 2 aromatic rings. The monoisotopic (exact) mass is 474 g/mol. The maximum atomic E-state index is 12.6. The number of rotatable bonds is 9. The van der Waals surface area contributed by atoms with Gasteiger partial charge in [-0.15, -0.1) is 11.8 Å². The standard InChI is InChI=1S/C22H26N4O6S/c1-30-14-7-4-12(5-8-14)15(27)11-33-22-25-19(23)18(21(29)26-22)24-20(28)13-6-9-16(31-2)17(10-13)32-3/h4-10,18-19,22,25H,11,23H2,1-3H3,(H,24,28)(H,26,29). The molecule has 1 fully saturated rings. The van der Waals surface area contributed by atoms with Gasteiger partial charge in [0, 0.05) is 11.1 Å². The molecule has 11 heteroatoms. The summed E-state index contributed by atoms with van der Waals surface area (Å²) in [5, 5.41) is 8.34. The molecule has 0 aromatic heterocycles. The first-order valence-electron chi connectivity index (χ1n) is 10.00. The van der Waals surface area contributed by atoms with E-state index in [9.17, 15) is 14.4 Å². The van der Waals surface area contributed by atoms with Crippen molar-refractivity contribution >= 4 is 29.4 Å². The Morgan fingerprint density at radius 3 is 2.27 bits per heavy atom. The Morgan fingerprint density at radius 1 is 1.00 bits per heavy atom. The SMILES string of the molecule is COc1ccc(C(=O)CSC2NC(=O)C(NC(=O)c3ccc(OC)c(OC)c3)C(N)N2)cc1. The molecule has 3 atom stereocenters. The van der Waals surface area contributed by atoms with Crippen LogP contribution in [0.15, 0.2) is 42.5 Å². The lowest BCUT2D eigenvalue weighted by Crippen LogP contribution is -2.70. The van der Waals surface area contributed by atoms with Crippen LogP contribution in [0.1, 0.15) is 20.7 Å². The van der Waals surface area contributed by atoms with Crippen molar-refractivity contribution in [3.05, 3.63) is 53.6 Å². The fourth-order valence-corrected chi connectivity index (χ4v) is 4.10. The molecule has 1 saturated heterocycles. The smallest absolute Gasteiger partial charge is 0.252 e. The zero-order valence-electron chi connectivity index (χ0n) is 18.4. The average Bonchev–Trinajstić information content (AvgIpc) is 2.84. The van der Waals surface area contributed by atoms with Gasteiger partial charge in [-0.1, -0.05) is 0 Å². The summed E-state index contributed by atoms with van der Waals surface area (Å²) in [5.41, 5.74) is 6.34. The summed E-state index contributed by atoms with van der Waals surface area (Å²) in [4.78, 5) is 37.6. The number of hydrogen-bond acceptors (Lipinski definition) is 9. The van der Waals surface area contributed by atoms with Crippen molar-refractivity contribution in [2.45, 2.75) is 17.7 Å². The van der Waals surface area contributed by atoms with Gasteiger partial charge in [0.05, 0.1) is 33.2 Å². The van der Waals surface area contributed by atoms with Crippen molar-refractivity contribution in [2.24, 2.45) is 5.73 Å². The van der Waals surface area contributed by atoms with Gasteiger partial charge < -0.3 is 30.6 Å². The molecule has 3 unspecified atom stereocenters. The first-order valence-corrected chi connectivity index (χ1v) is 11.0. The molecule has 10 nitrogen and oxygen atoms in total. The topological polar surface area (TPSA) is 141 Å². The maximum Gasteiger partial charge on any atom is 0.252 e. The third-order valence-corrected chi connectivity index (χ3v) is 6.00. The van der Waals surface area contributed by atoms with E-state index in [2.05, 4.69) is 16.0 Å². The second kappa shape index (κ2) is 11.0. The number of carbonyl (C=O) groups excluding carboxylic acids is 3. The molecule has 0 bridgehead atoms. The van der Waals surface area contributed by atoms with Gasteiger partial charge in [-0.25, -0.2) is 0 Å². The highest BCUT2D eigenvalue weighted by molar-refractivity contribution is 8.00. The Morgan fingerprint density at radius 2 is 1.67 bits per heavy atom. The number of thioether (sulfide) groups is 1. The summed E-state index contributed by atoms with van der Waals surface area (Å²) < 4.78 is 15.5. The zero-order valence-corrected chi connectivity index (χ0v) is 19.2. The Hall–Kier alpha value is -3.28. The molecule has 0 aliphatic carbocycles. The molecule has 33 heavy (non-hydrogen) atoms. The minimum absolute atomic E-state index is 0.101. The number of carbonyl (C=O) groups is 3. The van der Waals surface area contributed by atoms with Crippen molar-refractivity contribution in [3.63, 3.8) is 0 Å².